The maximum absolute atomic E-state index is 11.2. The molecule has 2 aromatic rings. The molecule has 1 atom stereocenters. The monoisotopic (exact) mass is 303 g/mol. The molecule has 7 nitrogen and oxygen atoms in total. The van der Waals surface area contributed by atoms with Crippen LogP contribution in [-0.4, -0.2) is 27.6 Å². The molecule has 2 rings (SSSR count). The van der Waals surface area contributed by atoms with Crippen molar-refractivity contribution in [1.82, 2.24) is 9.97 Å². The highest BCUT2D eigenvalue weighted by molar-refractivity contribution is 5.87. The number of aromatic amines is 2. The summed E-state index contributed by atoms with van der Waals surface area (Å²) in [5.41, 5.74) is 6.34. The highest BCUT2D eigenvalue weighted by atomic mass is 16.4. The van der Waals surface area contributed by atoms with Crippen molar-refractivity contribution >= 4 is 5.97 Å². The van der Waals surface area contributed by atoms with Crippen LogP contribution in [0.3, 0.4) is 0 Å². The Morgan fingerprint density at radius 3 is 2.64 bits per heavy atom. The summed E-state index contributed by atoms with van der Waals surface area (Å²) in [6, 6.07) is 7.96. The first-order valence-electron chi connectivity index (χ1n) is 6.85. The Morgan fingerprint density at radius 2 is 2.00 bits per heavy atom. The van der Waals surface area contributed by atoms with Crippen LogP contribution < -0.4 is 17.0 Å². The number of hydrogen-bond donors (Lipinski definition) is 4. The number of hydrogen-bond acceptors (Lipinski definition) is 4. The van der Waals surface area contributed by atoms with E-state index >= 15 is 0 Å². The van der Waals surface area contributed by atoms with Gasteiger partial charge in [0.1, 0.15) is 0 Å². The van der Waals surface area contributed by atoms with Crippen molar-refractivity contribution in [3.63, 3.8) is 0 Å². The zero-order chi connectivity index (χ0) is 16.1. The molecule has 0 aliphatic heterocycles. The van der Waals surface area contributed by atoms with Gasteiger partial charge in [0.05, 0.1) is 5.56 Å². The average molecular weight is 303 g/mol. The van der Waals surface area contributed by atoms with Crippen LogP contribution >= 0.6 is 0 Å². The van der Waals surface area contributed by atoms with Gasteiger partial charge in [0.2, 0.25) is 0 Å². The molecule has 7 heteroatoms. The molecule has 0 amide bonds. The fourth-order valence-electron chi connectivity index (χ4n) is 2.33. The zero-order valence-electron chi connectivity index (χ0n) is 11.8. The zero-order valence-corrected chi connectivity index (χ0v) is 11.8. The molecule has 0 radical (unpaired) electrons. The third-order valence-corrected chi connectivity index (χ3v) is 3.47. The van der Waals surface area contributed by atoms with Crippen molar-refractivity contribution in [3.8, 4) is 0 Å². The molecule has 1 aromatic heterocycles. The minimum Gasteiger partial charge on any atom is -0.478 e. The largest absolute Gasteiger partial charge is 0.478 e. The Morgan fingerprint density at radius 1 is 1.23 bits per heavy atom. The molecule has 0 spiro atoms. The number of benzene rings is 1. The standard InChI is InChI=1S/C15H17N3O4/c16-8-11(9-2-1-3-10(6-9)14(20)21)4-5-12-7-13(19)18-15(22)17-12/h1-3,6-7,11H,4-5,8,16H2,(H,20,21)(H2,17,18,19,22). The van der Waals surface area contributed by atoms with Gasteiger partial charge in [-0.15, -0.1) is 0 Å². The Kier molecular flexibility index (Phi) is 4.90. The predicted octanol–water partition coefficient (Wildman–Crippen LogP) is 0.437. The molecule has 0 aliphatic carbocycles. The summed E-state index contributed by atoms with van der Waals surface area (Å²) in [4.78, 5) is 38.1. The van der Waals surface area contributed by atoms with E-state index in [1.54, 1.807) is 12.1 Å². The van der Waals surface area contributed by atoms with Crippen molar-refractivity contribution in [1.29, 1.82) is 0 Å². The van der Waals surface area contributed by atoms with Crippen LogP contribution in [0.2, 0.25) is 0 Å². The lowest BCUT2D eigenvalue weighted by Gasteiger charge is -2.15. The number of carboxylic acids is 1. The average Bonchev–Trinajstić information content (AvgIpc) is 2.47. The number of nitrogens with one attached hydrogen (secondary N) is 2. The van der Waals surface area contributed by atoms with E-state index in [1.165, 1.54) is 12.1 Å². The van der Waals surface area contributed by atoms with Gasteiger partial charge in [-0.05, 0) is 43.0 Å². The number of carboxylic acid groups (broad SMARTS) is 1. The van der Waals surface area contributed by atoms with Crippen LogP contribution in [0.25, 0.3) is 0 Å². The fourth-order valence-corrected chi connectivity index (χ4v) is 2.33. The predicted molar refractivity (Wildman–Crippen MR) is 81.2 cm³/mol. The van der Waals surface area contributed by atoms with Crippen LogP contribution in [0.15, 0.2) is 39.9 Å². The molecule has 0 aliphatic rings. The quantitative estimate of drug-likeness (QED) is 0.615. The van der Waals surface area contributed by atoms with Crippen LogP contribution in [0.4, 0.5) is 0 Å². The number of nitrogens with two attached hydrogens (primary N) is 1. The van der Waals surface area contributed by atoms with Gasteiger partial charge in [0, 0.05) is 11.8 Å². The van der Waals surface area contributed by atoms with Crippen molar-refractivity contribution in [2.75, 3.05) is 6.54 Å². The van der Waals surface area contributed by atoms with Gasteiger partial charge in [-0.1, -0.05) is 12.1 Å². The molecule has 0 saturated heterocycles. The number of rotatable bonds is 6. The Balaban J connectivity index is 2.15. The van der Waals surface area contributed by atoms with Crippen LogP contribution in [0.1, 0.15) is 34.0 Å². The first-order chi connectivity index (χ1) is 10.5. The van der Waals surface area contributed by atoms with E-state index in [-0.39, 0.29) is 11.5 Å². The lowest BCUT2D eigenvalue weighted by molar-refractivity contribution is 0.0696. The molecular weight excluding hydrogens is 286 g/mol. The van der Waals surface area contributed by atoms with Crippen LogP contribution in [0, 0.1) is 0 Å². The molecule has 1 unspecified atom stereocenters. The van der Waals surface area contributed by atoms with E-state index in [1.807, 2.05) is 6.07 Å². The lowest BCUT2D eigenvalue weighted by Crippen LogP contribution is -2.23. The normalized spacial score (nSPS) is 12.0. The summed E-state index contributed by atoms with van der Waals surface area (Å²) in [6.45, 7) is 0.344. The number of aryl methyl sites for hydroxylation is 1. The van der Waals surface area contributed by atoms with Crippen LogP contribution in [-0.2, 0) is 6.42 Å². The van der Waals surface area contributed by atoms with Crippen LogP contribution in [0.5, 0.6) is 0 Å². The van der Waals surface area contributed by atoms with E-state index in [2.05, 4.69) is 9.97 Å². The van der Waals surface area contributed by atoms with Crippen molar-refractivity contribution in [3.05, 3.63) is 68.0 Å². The molecule has 1 heterocycles. The second-order valence-electron chi connectivity index (χ2n) is 5.01. The van der Waals surface area contributed by atoms with E-state index in [4.69, 9.17) is 10.8 Å². The maximum Gasteiger partial charge on any atom is 0.335 e. The first-order valence-corrected chi connectivity index (χ1v) is 6.85. The Labute approximate surface area is 125 Å². The van der Waals surface area contributed by atoms with Gasteiger partial charge < -0.3 is 15.8 Å². The highest BCUT2D eigenvalue weighted by Gasteiger charge is 2.13. The summed E-state index contributed by atoms with van der Waals surface area (Å²) < 4.78 is 0. The van der Waals surface area contributed by atoms with Gasteiger partial charge in [0.15, 0.2) is 0 Å². The van der Waals surface area contributed by atoms with E-state index in [0.29, 0.717) is 25.1 Å². The molecule has 0 bridgehead atoms. The molecular formula is C15H17N3O4. The molecule has 0 fully saturated rings. The molecule has 0 saturated carbocycles. The minimum atomic E-state index is -0.989. The maximum atomic E-state index is 11.2. The van der Waals surface area contributed by atoms with Gasteiger partial charge in [-0.2, -0.15) is 0 Å². The summed E-state index contributed by atoms with van der Waals surface area (Å²) in [6.07, 6.45) is 1.07. The smallest absolute Gasteiger partial charge is 0.335 e. The van der Waals surface area contributed by atoms with E-state index in [0.717, 1.165) is 5.56 Å². The second kappa shape index (κ2) is 6.86. The van der Waals surface area contributed by atoms with Gasteiger partial charge in [0.25, 0.3) is 5.56 Å². The summed E-state index contributed by atoms with van der Waals surface area (Å²) in [5.74, 6) is -1.04. The number of H-pyrrole nitrogens is 2. The minimum absolute atomic E-state index is 0.0536. The molecule has 5 N–H and O–H groups in total. The lowest BCUT2D eigenvalue weighted by atomic mass is 9.92. The second-order valence-corrected chi connectivity index (χ2v) is 5.01. The van der Waals surface area contributed by atoms with Gasteiger partial charge in [-0.3, -0.25) is 9.78 Å². The summed E-state index contributed by atoms with van der Waals surface area (Å²) in [7, 11) is 0. The molecule has 1 aromatic carbocycles. The van der Waals surface area contributed by atoms with Crippen molar-refractivity contribution in [2.45, 2.75) is 18.8 Å². The molecule has 116 valence electrons. The topological polar surface area (TPSA) is 129 Å². The third-order valence-electron chi connectivity index (χ3n) is 3.47. The fraction of sp³-hybridized carbons (Fsp3) is 0.267. The van der Waals surface area contributed by atoms with E-state index < -0.39 is 17.2 Å². The van der Waals surface area contributed by atoms with Crippen molar-refractivity contribution in [2.24, 2.45) is 5.73 Å². The number of aromatic carboxylic acids is 1. The summed E-state index contributed by atoms with van der Waals surface area (Å²) >= 11 is 0. The van der Waals surface area contributed by atoms with Gasteiger partial charge in [-0.25, -0.2) is 9.59 Å². The first kappa shape index (κ1) is 15.7. The van der Waals surface area contributed by atoms with Gasteiger partial charge >= 0.3 is 11.7 Å². The SMILES string of the molecule is NCC(CCc1cc(=O)[nH]c(=O)[nH]1)c1cccc(C(=O)O)c1. The number of carbonyl (C=O) groups is 1. The Bertz CT molecular complexity index is 750. The summed E-state index contributed by atoms with van der Waals surface area (Å²) in [5, 5.41) is 9.02. The Hall–Kier alpha value is -2.67. The number of aromatic nitrogens is 2. The van der Waals surface area contributed by atoms with E-state index in [9.17, 15) is 14.4 Å². The highest BCUT2D eigenvalue weighted by Crippen LogP contribution is 2.21. The molecule has 22 heavy (non-hydrogen) atoms. The third kappa shape index (κ3) is 3.92. The van der Waals surface area contributed by atoms with Crippen molar-refractivity contribution < 1.29 is 9.90 Å².